The second kappa shape index (κ2) is 7.47. The summed E-state index contributed by atoms with van der Waals surface area (Å²) in [5, 5.41) is 5.25. The summed E-state index contributed by atoms with van der Waals surface area (Å²) in [6.45, 7) is 4.12. The number of nitrogens with zero attached hydrogens (tertiary/aromatic N) is 5. The molecule has 0 N–H and O–H groups in total. The standard InChI is InChI=1S/C21H25N5O/c1-15(2)26-20-16(14-23-26)12-17(13-22-20)21(27)25-11-7-6-10-19(25)24-18-8-4-3-5-9-18/h6-7,10-15,18H,3-5,8-9H2,1-2H3. The van der Waals surface area contributed by atoms with Gasteiger partial charge >= 0.3 is 0 Å². The maximum atomic E-state index is 13.1. The predicted octanol–water partition coefficient (Wildman–Crippen LogP) is 3.74. The SMILES string of the molecule is CC(C)n1ncc2cc(C(=O)n3ccccc3=NC3CCCCC3)cnc21. The van der Waals surface area contributed by atoms with E-state index in [1.54, 1.807) is 23.2 Å². The van der Waals surface area contributed by atoms with E-state index in [-0.39, 0.29) is 11.9 Å². The molecule has 1 saturated carbocycles. The molecule has 0 radical (unpaired) electrons. The number of carbonyl (C=O) groups is 1. The van der Waals surface area contributed by atoms with Crippen molar-refractivity contribution in [2.45, 2.75) is 58.0 Å². The van der Waals surface area contributed by atoms with E-state index in [2.05, 4.69) is 23.9 Å². The van der Waals surface area contributed by atoms with Crippen molar-refractivity contribution >= 4 is 16.9 Å². The van der Waals surface area contributed by atoms with Gasteiger partial charge in [-0.05, 0) is 44.9 Å². The van der Waals surface area contributed by atoms with Gasteiger partial charge in [-0.15, -0.1) is 0 Å². The lowest BCUT2D eigenvalue weighted by Crippen LogP contribution is -2.29. The molecular formula is C21H25N5O. The first-order chi connectivity index (χ1) is 13.1. The van der Waals surface area contributed by atoms with Crippen molar-refractivity contribution in [1.82, 2.24) is 19.3 Å². The summed E-state index contributed by atoms with van der Waals surface area (Å²) in [6.07, 6.45) is 11.1. The molecule has 3 aromatic rings. The molecule has 6 heteroatoms. The highest BCUT2D eigenvalue weighted by Gasteiger charge is 2.15. The topological polar surface area (TPSA) is 65.1 Å². The van der Waals surface area contributed by atoms with E-state index in [9.17, 15) is 4.79 Å². The summed E-state index contributed by atoms with van der Waals surface area (Å²) in [7, 11) is 0. The van der Waals surface area contributed by atoms with Crippen molar-refractivity contribution in [2.75, 3.05) is 0 Å². The molecule has 3 aromatic heterocycles. The summed E-state index contributed by atoms with van der Waals surface area (Å²) >= 11 is 0. The van der Waals surface area contributed by atoms with Crippen molar-refractivity contribution in [3.63, 3.8) is 0 Å². The van der Waals surface area contributed by atoms with Crippen LogP contribution in [0.3, 0.4) is 0 Å². The normalized spacial score (nSPS) is 16.3. The van der Waals surface area contributed by atoms with Gasteiger partial charge in [0.25, 0.3) is 5.91 Å². The Kier molecular flexibility index (Phi) is 4.88. The highest BCUT2D eigenvalue weighted by Crippen LogP contribution is 2.20. The molecule has 0 unspecified atom stereocenters. The Morgan fingerprint density at radius 1 is 1.19 bits per heavy atom. The van der Waals surface area contributed by atoms with Gasteiger partial charge in [-0.3, -0.25) is 14.4 Å². The molecule has 3 heterocycles. The molecule has 1 aliphatic rings. The summed E-state index contributed by atoms with van der Waals surface area (Å²) < 4.78 is 3.49. The zero-order valence-corrected chi connectivity index (χ0v) is 15.9. The van der Waals surface area contributed by atoms with Gasteiger partial charge in [0.15, 0.2) is 5.65 Å². The van der Waals surface area contributed by atoms with E-state index in [1.165, 1.54) is 19.3 Å². The van der Waals surface area contributed by atoms with Gasteiger partial charge in [0.2, 0.25) is 0 Å². The number of carbonyl (C=O) groups excluding carboxylic acids is 1. The number of fused-ring (bicyclic) bond motifs is 1. The largest absolute Gasteiger partial charge is 0.268 e. The maximum absolute atomic E-state index is 13.1. The molecule has 1 aliphatic carbocycles. The van der Waals surface area contributed by atoms with Crippen molar-refractivity contribution in [2.24, 2.45) is 4.99 Å². The molecule has 6 nitrogen and oxygen atoms in total. The second-order valence-electron chi connectivity index (χ2n) is 7.47. The van der Waals surface area contributed by atoms with E-state index in [4.69, 9.17) is 4.99 Å². The van der Waals surface area contributed by atoms with Crippen LogP contribution in [-0.2, 0) is 0 Å². The maximum Gasteiger partial charge on any atom is 0.265 e. The number of hydrogen-bond donors (Lipinski definition) is 0. The summed E-state index contributed by atoms with van der Waals surface area (Å²) in [6, 6.07) is 8.10. The van der Waals surface area contributed by atoms with Gasteiger partial charge in [-0.2, -0.15) is 5.10 Å². The molecule has 0 aromatic carbocycles. The van der Waals surface area contributed by atoms with E-state index < -0.39 is 0 Å². The average Bonchev–Trinajstić information content (AvgIpc) is 3.12. The Hall–Kier alpha value is -2.76. The van der Waals surface area contributed by atoms with Crippen LogP contribution in [0.4, 0.5) is 0 Å². The third-order valence-electron chi connectivity index (χ3n) is 5.12. The molecule has 0 bridgehead atoms. The Bertz CT molecular complexity index is 1020. The van der Waals surface area contributed by atoms with Gasteiger partial charge in [0, 0.05) is 23.8 Å². The molecule has 0 spiro atoms. The van der Waals surface area contributed by atoms with Crippen LogP contribution in [0.2, 0.25) is 0 Å². The zero-order chi connectivity index (χ0) is 18.8. The second-order valence-corrected chi connectivity index (χ2v) is 7.47. The van der Waals surface area contributed by atoms with Crippen molar-refractivity contribution in [3.05, 3.63) is 53.9 Å². The number of hydrogen-bond acceptors (Lipinski definition) is 4. The minimum absolute atomic E-state index is 0.114. The highest BCUT2D eigenvalue weighted by molar-refractivity contribution is 5.98. The molecule has 1 fully saturated rings. The molecule has 4 rings (SSSR count). The fourth-order valence-electron chi connectivity index (χ4n) is 3.68. The van der Waals surface area contributed by atoms with Crippen molar-refractivity contribution in [3.8, 4) is 0 Å². The first-order valence-electron chi connectivity index (χ1n) is 9.73. The van der Waals surface area contributed by atoms with Crippen LogP contribution < -0.4 is 5.49 Å². The quantitative estimate of drug-likeness (QED) is 0.712. The lowest BCUT2D eigenvalue weighted by atomic mass is 9.96. The van der Waals surface area contributed by atoms with Gasteiger partial charge < -0.3 is 0 Å². The fraction of sp³-hybridized carbons (Fsp3) is 0.429. The minimum atomic E-state index is -0.114. The number of aromatic nitrogens is 4. The molecule has 0 saturated heterocycles. The molecule has 0 amide bonds. The van der Waals surface area contributed by atoms with Crippen molar-refractivity contribution < 1.29 is 4.79 Å². The highest BCUT2D eigenvalue weighted by atomic mass is 16.2. The van der Waals surface area contributed by atoms with E-state index in [0.29, 0.717) is 17.1 Å². The summed E-state index contributed by atoms with van der Waals surface area (Å²) in [5.74, 6) is -0.114. The molecule has 0 aliphatic heterocycles. The third-order valence-corrected chi connectivity index (χ3v) is 5.12. The fourth-order valence-corrected chi connectivity index (χ4v) is 3.68. The van der Waals surface area contributed by atoms with Gasteiger partial charge in [-0.1, -0.05) is 25.3 Å². The Balaban J connectivity index is 1.71. The van der Waals surface area contributed by atoms with Crippen LogP contribution >= 0.6 is 0 Å². The Labute approximate surface area is 158 Å². The number of rotatable bonds is 3. The smallest absolute Gasteiger partial charge is 0.265 e. The van der Waals surface area contributed by atoms with Crippen LogP contribution in [0.25, 0.3) is 11.0 Å². The Morgan fingerprint density at radius 3 is 2.78 bits per heavy atom. The summed E-state index contributed by atoms with van der Waals surface area (Å²) in [5.41, 5.74) is 2.06. The first-order valence-corrected chi connectivity index (χ1v) is 9.73. The van der Waals surface area contributed by atoms with E-state index >= 15 is 0 Å². The van der Waals surface area contributed by atoms with Crippen LogP contribution in [0.15, 0.2) is 47.8 Å². The monoisotopic (exact) mass is 363 g/mol. The van der Waals surface area contributed by atoms with Crippen molar-refractivity contribution in [1.29, 1.82) is 0 Å². The molecule has 27 heavy (non-hydrogen) atoms. The Morgan fingerprint density at radius 2 is 2.00 bits per heavy atom. The molecular weight excluding hydrogens is 338 g/mol. The zero-order valence-electron chi connectivity index (χ0n) is 15.9. The summed E-state index contributed by atoms with van der Waals surface area (Å²) in [4.78, 5) is 22.5. The average molecular weight is 363 g/mol. The van der Waals surface area contributed by atoms with Crippen LogP contribution in [0, 0.1) is 0 Å². The van der Waals surface area contributed by atoms with Gasteiger partial charge in [-0.25, -0.2) is 9.67 Å². The molecule has 0 atom stereocenters. The first kappa shape index (κ1) is 17.6. The minimum Gasteiger partial charge on any atom is -0.268 e. The lowest BCUT2D eigenvalue weighted by molar-refractivity contribution is 0.0954. The van der Waals surface area contributed by atoms with Gasteiger partial charge in [0.1, 0.15) is 5.49 Å². The third kappa shape index (κ3) is 3.56. The predicted molar refractivity (Wildman–Crippen MR) is 105 cm³/mol. The van der Waals surface area contributed by atoms with Crippen LogP contribution in [-0.4, -0.2) is 31.3 Å². The lowest BCUT2D eigenvalue weighted by Gasteiger charge is -2.17. The molecule has 140 valence electrons. The van der Waals surface area contributed by atoms with E-state index in [0.717, 1.165) is 23.9 Å². The van der Waals surface area contributed by atoms with E-state index in [1.807, 2.05) is 28.9 Å². The van der Waals surface area contributed by atoms with Crippen LogP contribution in [0.5, 0.6) is 0 Å². The number of pyridine rings is 2. The van der Waals surface area contributed by atoms with Gasteiger partial charge in [0.05, 0.1) is 17.8 Å². The van der Waals surface area contributed by atoms with Crippen LogP contribution in [0.1, 0.15) is 62.4 Å².